The molecular formula is C8H14F4O4. The lowest BCUT2D eigenvalue weighted by atomic mass is 9.78. The molecule has 0 spiro atoms. The Bertz CT molecular complexity index is 209. The van der Waals surface area contributed by atoms with Gasteiger partial charge in [-0.3, -0.25) is 0 Å². The zero-order valence-corrected chi connectivity index (χ0v) is 8.45. The van der Waals surface area contributed by atoms with Gasteiger partial charge in [0.1, 0.15) is 6.17 Å². The molecule has 4 N–H and O–H groups in total. The SMILES string of the molecule is CCCC(F)C(C(O)F)(C(O)F)C(O)(O)F. The van der Waals surface area contributed by atoms with Crippen LogP contribution in [0.15, 0.2) is 0 Å². The molecule has 0 heterocycles. The van der Waals surface area contributed by atoms with E-state index in [-0.39, 0.29) is 6.42 Å². The third kappa shape index (κ3) is 2.45. The zero-order chi connectivity index (χ0) is 13.1. The van der Waals surface area contributed by atoms with Gasteiger partial charge < -0.3 is 20.4 Å². The molecule has 4 nitrogen and oxygen atoms in total. The predicted molar refractivity (Wildman–Crippen MR) is 44.7 cm³/mol. The average molecular weight is 250 g/mol. The third-order valence-corrected chi connectivity index (χ3v) is 2.40. The van der Waals surface area contributed by atoms with Crippen LogP contribution in [0.1, 0.15) is 19.8 Å². The zero-order valence-electron chi connectivity index (χ0n) is 8.45. The van der Waals surface area contributed by atoms with E-state index < -0.39 is 36.8 Å². The Morgan fingerprint density at radius 3 is 1.62 bits per heavy atom. The molecular weight excluding hydrogens is 236 g/mol. The van der Waals surface area contributed by atoms with Gasteiger partial charge in [0, 0.05) is 0 Å². The van der Waals surface area contributed by atoms with Crippen molar-refractivity contribution >= 4 is 0 Å². The van der Waals surface area contributed by atoms with Gasteiger partial charge >= 0.3 is 6.04 Å². The molecule has 3 atom stereocenters. The molecule has 0 radical (unpaired) electrons. The fraction of sp³-hybridized carbons (Fsp3) is 1.00. The van der Waals surface area contributed by atoms with Crippen LogP contribution in [0.5, 0.6) is 0 Å². The average Bonchev–Trinajstić information content (AvgIpc) is 2.00. The highest BCUT2D eigenvalue weighted by atomic mass is 19.2. The Labute approximate surface area is 89.1 Å². The van der Waals surface area contributed by atoms with E-state index >= 15 is 0 Å². The summed E-state index contributed by atoms with van der Waals surface area (Å²) in [5.41, 5.74) is -4.00. The van der Waals surface area contributed by atoms with E-state index in [9.17, 15) is 17.6 Å². The summed E-state index contributed by atoms with van der Waals surface area (Å²) in [5, 5.41) is 34.0. The minimum Gasteiger partial charge on any atom is -0.363 e. The number of alkyl halides is 4. The van der Waals surface area contributed by atoms with Crippen molar-refractivity contribution in [1.29, 1.82) is 0 Å². The minimum atomic E-state index is -4.75. The van der Waals surface area contributed by atoms with Gasteiger partial charge in [-0.2, -0.15) is 4.39 Å². The normalized spacial score (nSPS) is 22.3. The first-order chi connectivity index (χ1) is 7.12. The molecule has 0 aliphatic rings. The molecule has 16 heavy (non-hydrogen) atoms. The number of hydrogen-bond donors (Lipinski definition) is 4. The topological polar surface area (TPSA) is 80.9 Å². The molecule has 0 aliphatic carbocycles. The molecule has 0 amide bonds. The monoisotopic (exact) mass is 250 g/mol. The maximum absolute atomic E-state index is 13.4. The Hall–Kier alpha value is -0.440. The van der Waals surface area contributed by atoms with E-state index in [1.807, 2.05) is 0 Å². The predicted octanol–water partition coefficient (Wildman–Crippen LogP) is 0.295. The lowest BCUT2D eigenvalue weighted by Gasteiger charge is -2.40. The van der Waals surface area contributed by atoms with Crippen molar-refractivity contribution in [2.24, 2.45) is 5.41 Å². The largest absolute Gasteiger partial charge is 0.363 e. The van der Waals surface area contributed by atoms with Crippen molar-refractivity contribution in [2.45, 2.75) is 44.7 Å². The van der Waals surface area contributed by atoms with Crippen LogP contribution in [0, 0.1) is 5.41 Å². The Morgan fingerprint density at radius 2 is 1.44 bits per heavy atom. The Balaban J connectivity index is 5.45. The summed E-state index contributed by atoms with van der Waals surface area (Å²) in [7, 11) is 0. The molecule has 3 unspecified atom stereocenters. The van der Waals surface area contributed by atoms with Crippen LogP contribution in [-0.4, -0.2) is 45.4 Å². The van der Waals surface area contributed by atoms with Gasteiger partial charge in [0.25, 0.3) is 0 Å². The van der Waals surface area contributed by atoms with Crippen molar-refractivity contribution in [3.63, 3.8) is 0 Å². The molecule has 0 saturated carbocycles. The number of rotatable bonds is 6. The van der Waals surface area contributed by atoms with Crippen LogP contribution in [0.3, 0.4) is 0 Å². The molecule has 0 fully saturated rings. The molecule has 8 heteroatoms. The molecule has 0 aliphatic heterocycles. The molecule has 0 rings (SSSR count). The van der Waals surface area contributed by atoms with Crippen LogP contribution in [0.4, 0.5) is 17.6 Å². The highest BCUT2D eigenvalue weighted by Gasteiger charge is 2.67. The van der Waals surface area contributed by atoms with E-state index in [1.165, 1.54) is 6.92 Å². The second-order valence-corrected chi connectivity index (χ2v) is 3.45. The molecule has 0 bridgehead atoms. The Morgan fingerprint density at radius 1 is 1.06 bits per heavy atom. The highest BCUT2D eigenvalue weighted by molar-refractivity contribution is 4.96. The van der Waals surface area contributed by atoms with E-state index in [2.05, 4.69) is 0 Å². The summed E-state index contributed by atoms with van der Waals surface area (Å²) >= 11 is 0. The summed E-state index contributed by atoms with van der Waals surface area (Å²) in [6, 6.07) is -4.75. The lowest BCUT2D eigenvalue weighted by molar-refractivity contribution is -0.406. The summed E-state index contributed by atoms with van der Waals surface area (Å²) in [6.07, 6.45) is -10.8. The van der Waals surface area contributed by atoms with Gasteiger partial charge in [-0.15, -0.1) is 0 Å². The number of aliphatic hydroxyl groups is 4. The van der Waals surface area contributed by atoms with Crippen LogP contribution in [0.2, 0.25) is 0 Å². The maximum Gasteiger partial charge on any atom is 0.334 e. The van der Waals surface area contributed by atoms with E-state index in [0.717, 1.165) is 0 Å². The number of aliphatic hydroxyl groups excluding tert-OH is 2. The number of hydrogen-bond acceptors (Lipinski definition) is 4. The summed E-state index contributed by atoms with van der Waals surface area (Å²) in [5.74, 6) is 0. The van der Waals surface area contributed by atoms with Gasteiger partial charge in [-0.05, 0) is 6.42 Å². The van der Waals surface area contributed by atoms with E-state index in [0.29, 0.717) is 0 Å². The van der Waals surface area contributed by atoms with Crippen LogP contribution >= 0.6 is 0 Å². The van der Waals surface area contributed by atoms with Gasteiger partial charge in [0.15, 0.2) is 5.41 Å². The van der Waals surface area contributed by atoms with Crippen LogP contribution in [-0.2, 0) is 0 Å². The second-order valence-electron chi connectivity index (χ2n) is 3.45. The van der Waals surface area contributed by atoms with Gasteiger partial charge in [0.05, 0.1) is 0 Å². The van der Waals surface area contributed by atoms with Gasteiger partial charge in [-0.1, -0.05) is 13.3 Å². The molecule has 0 saturated heterocycles. The summed E-state index contributed by atoms with van der Waals surface area (Å²) < 4.78 is 51.6. The highest BCUT2D eigenvalue weighted by Crippen LogP contribution is 2.45. The van der Waals surface area contributed by atoms with E-state index in [4.69, 9.17) is 20.4 Å². The first-order valence-electron chi connectivity index (χ1n) is 4.54. The van der Waals surface area contributed by atoms with Crippen molar-refractivity contribution in [3.05, 3.63) is 0 Å². The minimum absolute atomic E-state index is 0.0154. The summed E-state index contributed by atoms with van der Waals surface area (Å²) in [4.78, 5) is 0. The third-order valence-electron chi connectivity index (χ3n) is 2.40. The number of halogens is 4. The molecule has 0 aromatic rings. The summed E-state index contributed by atoms with van der Waals surface area (Å²) in [6.45, 7) is 1.38. The maximum atomic E-state index is 13.4. The standard InChI is InChI=1S/C8H14F4O4/c1-2-3-4(9)7(5(10)13,6(11)14)8(12,15)16/h4-6,13-16H,2-3H2,1H3. The van der Waals surface area contributed by atoms with Crippen LogP contribution in [0.25, 0.3) is 0 Å². The van der Waals surface area contributed by atoms with Crippen molar-refractivity contribution in [2.75, 3.05) is 0 Å². The fourth-order valence-electron chi connectivity index (χ4n) is 1.41. The smallest absolute Gasteiger partial charge is 0.334 e. The quantitative estimate of drug-likeness (QED) is 0.403. The van der Waals surface area contributed by atoms with Gasteiger partial charge in [0.2, 0.25) is 12.7 Å². The Kier molecular flexibility index (Phi) is 5.12. The second kappa shape index (κ2) is 5.26. The molecule has 98 valence electrons. The molecule has 0 aromatic heterocycles. The van der Waals surface area contributed by atoms with E-state index in [1.54, 1.807) is 0 Å². The molecule has 0 aromatic carbocycles. The first-order valence-corrected chi connectivity index (χ1v) is 4.54. The van der Waals surface area contributed by atoms with Gasteiger partial charge in [-0.25, -0.2) is 13.2 Å². The van der Waals surface area contributed by atoms with Crippen LogP contribution < -0.4 is 0 Å². The van der Waals surface area contributed by atoms with Crippen molar-refractivity contribution in [3.8, 4) is 0 Å². The first kappa shape index (κ1) is 15.6. The van der Waals surface area contributed by atoms with Crippen molar-refractivity contribution in [1.82, 2.24) is 0 Å². The van der Waals surface area contributed by atoms with Crippen molar-refractivity contribution < 1.29 is 38.0 Å². The lowest BCUT2D eigenvalue weighted by Crippen LogP contribution is -2.62. The fourth-order valence-corrected chi connectivity index (χ4v) is 1.41.